The maximum atomic E-state index is 12.2. The number of carbonyl (C=O) groups is 2. The summed E-state index contributed by atoms with van der Waals surface area (Å²) in [6.45, 7) is 4.20. The van der Waals surface area contributed by atoms with Crippen LogP contribution in [0.25, 0.3) is 0 Å². The van der Waals surface area contributed by atoms with E-state index in [2.05, 4.69) is 29.8 Å². The van der Waals surface area contributed by atoms with E-state index < -0.39 is 0 Å². The highest BCUT2D eigenvalue weighted by molar-refractivity contribution is 7.80. The molecule has 0 heterocycles. The fourth-order valence-electron chi connectivity index (χ4n) is 2.21. The summed E-state index contributed by atoms with van der Waals surface area (Å²) < 4.78 is 0. The van der Waals surface area contributed by atoms with Crippen molar-refractivity contribution in [2.45, 2.75) is 19.8 Å². The van der Waals surface area contributed by atoms with Crippen LogP contribution in [0.4, 0.5) is 5.69 Å². The van der Waals surface area contributed by atoms with E-state index in [4.69, 9.17) is 12.2 Å². The Morgan fingerprint density at radius 1 is 0.880 bits per heavy atom. The highest BCUT2D eigenvalue weighted by Gasteiger charge is 2.09. The van der Waals surface area contributed by atoms with Crippen LogP contribution in [0.3, 0.4) is 0 Å². The maximum absolute atomic E-state index is 12.2. The van der Waals surface area contributed by atoms with Crippen LogP contribution in [-0.4, -0.2) is 24.0 Å². The molecule has 130 valence electrons. The molecule has 2 aromatic carbocycles. The maximum Gasteiger partial charge on any atom is 0.257 e. The standard InChI is InChI=1S/C19H21N3O2S/c1-12(2)13-4-6-15(7-5-13)18(24)22-19(25)21-16-10-8-14(9-11-16)17(23)20-3/h4-12H,1-3H3,(H,20,23)(H2,21,22,24,25). The summed E-state index contributed by atoms with van der Waals surface area (Å²) in [7, 11) is 1.58. The van der Waals surface area contributed by atoms with E-state index in [9.17, 15) is 9.59 Å². The van der Waals surface area contributed by atoms with Gasteiger partial charge in [0.25, 0.3) is 11.8 Å². The molecule has 0 aliphatic carbocycles. The van der Waals surface area contributed by atoms with E-state index in [0.717, 1.165) is 0 Å². The minimum absolute atomic E-state index is 0.160. The number of anilines is 1. The van der Waals surface area contributed by atoms with E-state index in [0.29, 0.717) is 22.7 Å². The average Bonchev–Trinajstić information content (AvgIpc) is 2.61. The van der Waals surface area contributed by atoms with Gasteiger partial charge in [-0.15, -0.1) is 0 Å². The Morgan fingerprint density at radius 2 is 1.40 bits per heavy atom. The zero-order chi connectivity index (χ0) is 18.4. The SMILES string of the molecule is CNC(=O)c1ccc(NC(=S)NC(=O)c2ccc(C(C)C)cc2)cc1. The van der Waals surface area contributed by atoms with Gasteiger partial charge in [0.05, 0.1) is 0 Å². The number of hydrogen-bond acceptors (Lipinski definition) is 3. The lowest BCUT2D eigenvalue weighted by atomic mass is 10.0. The van der Waals surface area contributed by atoms with E-state index in [1.54, 1.807) is 43.4 Å². The van der Waals surface area contributed by atoms with Crippen molar-refractivity contribution in [3.8, 4) is 0 Å². The second-order valence-corrected chi connectivity index (χ2v) is 6.25. The van der Waals surface area contributed by atoms with Crippen molar-refractivity contribution < 1.29 is 9.59 Å². The number of rotatable bonds is 4. The zero-order valence-electron chi connectivity index (χ0n) is 14.4. The van der Waals surface area contributed by atoms with Crippen molar-refractivity contribution in [2.24, 2.45) is 0 Å². The Morgan fingerprint density at radius 3 is 1.92 bits per heavy atom. The van der Waals surface area contributed by atoms with Crippen LogP contribution < -0.4 is 16.0 Å². The summed E-state index contributed by atoms with van der Waals surface area (Å²) in [4.78, 5) is 23.7. The number of hydrogen-bond donors (Lipinski definition) is 3. The molecular formula is C19H21N3O2S. The van der Waals surface area contributed by atoms with Crippen molar-refractivity contribution in [1.82, 2.24) is 10.6 Å². The van der Waals surface area contributed by atoms with Gasteiger partial charge in [-0.2, -0.15) is 0 Å². The molecule has 5 nitrogen and oxygen atoms in total. The van der Waals surface area contributed by atoms with Crippen LogP contribution in [0.1, 0.15) is 46.0 Å². The molecule has 0 aromatic heterocycles. The third kappa shape index (κ3) is 5.12. The molecule has 2 amide bonds. The second-order valence-electron chi connectivity index (χ2n) is 5.84. The fraction of sp³-hybridized carbons (Fsp3) is 0.211. The van der Waals surface area contributed by atoms with Gasteiger partial charge < -0.3 is 10.6 Å². The average molecular weight is 355 g/mol. The predicted octanol–water partition coefficient (Wildman–Crippen LogP) is 3.30. The first-order chi connectivity index (χ1) is 11.9. The van der Waals surface area contributed by atoms with Gasteiger partial charge in [-0.1, -0.05) is 26.0 Å². The Labute approximate surface area is 152 Å². The lowest BCUT2D eigenvalue weighted by molar-refractivity contribution is 0.0959. The molecule has 6 heteroatoms. The zero-order valence-corrected chi connectivity index (χ0v) is 15.2. The van der Waals surface area contributed by atoms with Gasteiger partial charge in [0, 0.05) is 23.9 Å². The number of thiocarbonyl (C=S) groups is 1. The van der Waals surface area contributed by atoms with Crippen molar-refractivity contribution in [3.05, 3.63) is 65.2 Å². The molecule has 0 aliphatic rings. The van der Waals surface area contributed by atoms with Crippen LogP contribution >= 0.6 is 12.2 Å². The molecule has 2 aromatic rings. The number of benzene rings is 2. The molecule has 0 fully saturated rings. The summed E-state index contributed by atoms with van der Waals surface area (Å²) in [5, 5.41) is 8.32. The molecule has 25 heavy (non-hydrogen) atoms. The number of carbonyl (C=O) groups excluding carboxylic acids is 2. The molecule has 0 radical (unpaired) electrons. The smallest absolute Gasteiger partial charge is 0.257 e. The van der Waals surface area contributed by atoms with Crippen molar-refractivity contribution in [3.63, 3.8) is 0 Å². The van der Waals surface area contributed by atoms with E-state index >= 15 is 0 Å². The van der Waals surface area contributed by atoms with Gasteiger partial charge in [0.1, 0.15) is 0 Å². The minimum Gasteiger partial charge on any atom is -0.355 e. The van der Waals surface area contributed by atoms with Gasteiger partial charge >= 0.3 is 0 Å². The monoisotopic (exact) mass is 355 g/mol. The summed E-state index contributed by atoms with van der Waals surface area (Å²) >= 11 is 5.16. The van der Waals surface area contributed by atoms with Crippen molar-refractivity contribution >= 4 is 34.8 Å². The van der Waals surface area contributed by atoms with Gasteiger partial charge in [0.15, 0.2) is 5.11 Å². The second kappa shape index (κ2) is 8.39. The molecule has 0 saturated carbocycles. The molecular weight excluding hydrogens is 334 g/mol. The van der Waals surface area contributed by atoms with Gasteiger partial charge in [-0.3, -0.25) is 14.9 Å². The third-order valence-corrected chi connectivity index (χ3v) is 3.90. The lowest BCUT2D eigenvalue weighted by Gasteiger charge is -2.11. The number of amides is 2. The summed E-state index contributed by atoms with van der Waals surface area (Å²) in [6, 6.07) is 14.2. The first-order valence-corrected chi connectivity index (χ1v) is 8.36. The van der Waals surface area contributed by atoms with E-state index in [1.165, 1.54) is 5.56 Å². The van der Waals surface area contributed by atoms with Crippen LogP contribution in [-0.2, 0) is 0 Å². The molecule has 0 unspecified atom stereocenters. The first kappa shape index (κ1) is 18.6. The highest BCUT2D eigenvalue weighted by atomic mass is 32.1. The Bertz CT molecular complexity index is 768. The largest absolute Gasteiger partial charge is 0.355 e. The van der Waals surface area contributed by atoms with Gasteiger partial charge in [-0.05, 0) is 60.1 Å². The lowest BCUT2D eigenvalue weighted by Crippen LogP contribution is -2.34. The Kier molecular flexibility index (Phi) is 6.25. The quantitative estimate of drug-likeness (QED) is 0.736. The molecule has 0 saturated heterocycles. The van der Waals surface area contributed by atoms with E-state index in [-0.39, 0.29) is 16.9 Å². The molecule has 0 atom stereocenters. The summed E-state index contributed by atoms with van der Waals surface area (Å²) in [6.07, 6.45) is 0. The molecule has 0 aliphatic heterocycles. The topological polar surface area (TPSA) is 70.2 Å². The van der Waals surface area contributed by atoms with Crippen LogP contribution in [0.2, 0.25) is 0 Å². The fourth-order valence-corrected chi connectivity index (χ4v) is 2.42. The normalized spacial score (nSPS) is 10.2. The number of nitrogens with one attached hydrogen (secondary N) is 3. The minimum atomic E-state index is -0.269. The summed E-state index contributed by atoms with van der Waals surface area (Å²) in [5.74, 6) is -0.0142. The predicted molar refractivity (Wildman–Crippen MR) is 104 cm³/mol. The molecule has 0 spiro atoms. The van der Waals surface area contributed by atoms with Crippen molar-refractivity contribution in [2.75, 3.05) is 12.4 Å². The Hall–Kier alpha value is -2.73. The van der Waals surface area contributed by atoms with Crippen LogP contribution in [0.5, 0.6) is 0 Å². The highest BCUT2D eigenvalue weighted by Crippen LogP contribution is 2.15. The Balaban J connectivity index is 1.95. The molecule has 0 bridgehead atoms. The first-order valence-electron chi connectivity index (χ1n) is 7.95. The van der Waals surface area contributed by atoms with Crippen molar-refractivity contribution in [1.29, 1.82) is 0 Å². The third-order valence-electron chi connectivity index (χ3n) is 3.70. The van der Waals surface area contributed by atoms with Gasteiger partial charge in [0.2, 0.25) is 0 Å². The van der Waals surface area contributed by atoms with Gasteiger partial charge in [-0.25, -0.2) is 0 Å². The van der Waals surface area contributed by atoms with Crippen LogP contribution in [0, 0.1) is 0 Å². The molecule has 3 N–H and O–H groups in total. The van der Waals surface area contributed by atoms with E-state index in [1.807, 2.05) is 12.1 Å². The molecule has 2 rings (SSSR count). The summed E-state index contributed by atoms with van der Waals surface area (Å²) in [5.41, 5.74) is 2.96. The van der Waals surface area contributed by atoms with Crippen LogP contribution in [0.15, 0.2) is 48.5 Å².